The first-order chi connectivity index (χ1) is 8.40. The van der Waals surface area contributed by atoms with Crippen molar-refractivity contribution in [3.63, 3.8) is 0 Å². The summed E-state index contributed by atoms with van der Waals surface area (Å²) in [5.74, 6) is 0.556. The lowest BCUT2D eigenvalue weighted by molar-refractivity contribution is 0.787. The number of hydrogen-bond donors (Lipinski definition) is 0. The standard InChI is InChI=1S/C17H16/c1-2-13-7-3-5-9-15(13)17-12-11-14-8-4-6-10-16(14)17/h2-10,17H,1,11-12H2. The van der Waals surface area contributed by atoms with Crippen LogP contribution in [0.15, 0.2) is 55.1 Å². The molecule has 1 aliphatic rings. The van der Waals surface area contributed by atoms with Gasteiger partial charge in [-0.05, 0) is 35.1 Å². The van der Waals surface area contributed by atoms with Crippen molar-refractivity contribution in [2.24, 2.45) is 0 Å². The third kappa shape index (κ3) is 1.70. The highest BCUT2D eigenvalue weighted by Gasteiger charge is 2.24. The molecule has 2 aromatic rings. The largest absolute Gasteiger partial charge is 0.0985 e. The molecule has 2 aromatic carbocycles. The van der Waals surface area contributed by atoms with E-state index in [0.717, 1.165) is 0 Å². The first kappa shape index (κ1) is 10.3. The van der Waals surface area contributed by atoms with Crippen LogP contribution in [0.3, 0.4) is 0 Å². The van der Waals surface area contributed by atoms with Crippen LogP contribution in [0.4, 0.5) is 0 Å². The number of fused-ring (bicyclic) bond motifs is 1. The van der Waals surface area contributed by atoms with Gasteiger partial charge in [0.25, 0.3) is 0 Å². The fourth-order valence-corrected chi connectivity index (χ4v) is 2.89. The Morgan fingerprint density at radius 2 is 1.65 bits per heavy atom. The minimum Gasteiger partial charge on any atom is -0.0985 e. The van der Waals surface area contributed by atoms with Gasteiger partial charge in [-0.25, -0.2) is 0 Å². The van der Waals surface area contributed by atoms with Crippen molar-refractivity contribution in [3.8, 4) is 0 Å². The lowest BCUT2D eigenvalue weighted by Crippen LogP contribution is -1.98. The van der Waals surface area contributed by atoms with Gasteiger partial charge < -0.3 is 0 Å². The molecule has 1 atom stereocenters. The van der Waals surface area contributed by atoms with E-state index in [1.807, 2.05) is 6.08 Å². The fourth-order valence-electron chi connectivity index (χ4n) is 2.89. The third-order valence-corrected chi connectivity index (χ3v) is 3.72. The predicted octanol–water partition coefficient (Wildman–Crippen LogP) is 4.41. The summed E-state index contributed by atoms with van der Waals surface area (Å²) in [6.07, 6.45) is 4.40. The van der Waals surface area contributed by atoms with Gasteiger partial charge in [0, 0.05) is 5.92 Å². The fraction of sp³-hybridized carbons (Fsp3) is 0.176. The Hall–Kier alpha value is -1.82. The maximum absolute atomic E-state index is 3.92. The smallest absolute Gasteiger partial charge is 0.0101 e. The minimum absolute atomic E-state index is 0.556. The number of benzene rings is 2. The van der Waals surface area contributed by atoms with Crippen molar-refractivity contribution < 1.29 is 0 Å². The SMILES string of the molecule is C=Cc1ccccc1C1CCc2ccccc21. The molecule has 84 valence electrons. The van der Waals surface area contributed by atoms with Gasteiger partial charge in [-0.2, -0.15) is 0 Å². The molecule has 0 aromatic heterocycles. The second-order valence-corrected chi connectivity index (χ2v) is 4.62. The number of hydrogen-bond acceptors (Lipinski definition) is 0. The van der Waals surface area contributed by atoms with Crippen LogP contribution in [0, 0.1) is 0 Å². The molecular formula is C17H16. The molecule has 0 spiro atoms. The molecule has 0 heteroatoms. The van der Waals surface area contributed by atoms with E-state index in [0.29, 0.717) is 5.92 Å². The molecular weight excluding hydrogens is 204 g/mol. The molecule has 3 rings (SSSR count). The summed E-state index contributed by atoms with van der Waals surface area (Å²) in [4.78, 5) is 0. The van der Waals surface area contributed by atoms with Gasteiger partial charge in [0.2, 0.25) is 0 Å². The summed E-state index contributed by atoms with van der Waals surface area (Å²) in [5.41, 5.74) is 5.71. The van der Waals surface area contributed by atoms with E-state index in [2.05, 4.69) is 55.1 Å². The van der Waals surface area contributed by atoms with E-state index in [9.17, 15) is 0 Å². The minimum atomic E-state index is 0.556. The first-order valence-corrected chi connectivity index (χ1v) is 6.19. The Kier molecular flexibility index (Phi) is 2.56. The highest BCUT2D eigenvalue weighted by atomic mass is 14.3. The van der Waals surface area contributed by atoms with E-state index in [1.54, 1.807) is 0 Å². The van der Waals surface area contributed by atoms with Crippen LogP contribution < -0.4 is 0 Å². The third-order valence-electron chi connectivity index (χ3n) is 3.72. The zero-order chi connectivity index (χ0) is 11.7. The number of rotatable bonds is 2. The molecule has 0 bridgehead atoms. The summed E-state index contributed by atoms with van der Waals surface area (Å²) in [6, 6.07) is 17.4. The Morgan fingerprint density at radius 3 is 2.47 bits per heavy atom. The van der Waals surface area contributed by atoms with Crippen LogP contribution in [0.25, 0.3) is 6.08 Å². The van der Waals surface area contributed by atoms with Gasteiger partial charge in [-0.15, -0.1) is 0 Å². The van der Waals surface area contributed by atoms with Crippen molar-refractivity contribution in [1.82, 2.24) is 0 Å². The monoisotopic (exact) mass is 220 g/mol. The molecule has 1 unspecified atom stereocenters. The number of aryl methyl sites for hydroxylation is 1. The lowest BCUT2D eigenvalue weighted by Gasteiger charge is -2.14. The van der Waals surface area contributed by atoms with Crippen LogP contribution in [-0.4, -0.2) is 0 Å². The highest BCUT2D eigenvalue weighted by Crippen LogP contribution is 2.39. The Bertz CT molecular complexity index is 551. The van der Waals surface area contributed by atoms with Gasteiger partial charge in [-0.3, -0.25) is 0 Å². The van der Waals surface area contributed by atoms with Crippen molar-refractivity contribution in [2.45, 2.75) is 18.8 Å². The lowest BCUT2D eigenvalue weighted by atomic mass is 9.89. The van der Waals surface area contributed by atoms with Crippen molar-refractivity contribution in [3.05, 3.63) is 77.4 Å². The maximum atomic E-state index is 3.92. The molecule has 0 heterocycles. The summed E-state index contributed by atoms with van der Waals surface area (Å²) in [5, 5.41) is 0. The average molecular weight is 220 g/mol. The van der Waals surface area contributed by atoms with Crippen LogP contribution >= 0.6 is 0 Å². The molecule has 0 N–H and O–H groups in total. The quantitative estimate of drug-likeness (QED) is 0.703. The predicted molar refractivity (Wildman–Crippen MR) is 73.1 cm³/mol. The molecule has 17 heavy (non-hydrogen) atoms. The molecule has 0 radical (unpaired) electrons. The zero-order valence-electron chi connectivity index (χ0n) is 9.89. The summed E-state index contributed by atoms with van der Waals surface area (Å²) < 4.78 is 0. The molecule has 0 nitrogen and oxygen atoms in total. The van der Waals surface area contributed by atoms with Crippen LogP contribution in [0.5, 0.6) is 0 Å². The van der Waals surface area contributed by atoms with E-state index in [1.165, 1.54) is 35.1 Å². The van der Waals surface area contributed by atoms with E-state index in [4.69, 9.17) is 0 Å². The Morgan fingerprint density at radius 1 is 0.941 bits per heavy atom. The second kappa shape index (κ2) is 4.21. The normalized spacial score (nSPS) is 17.8. The molecule has 0 amide bonds. The molecule has 0 fully saturated rings. The van der Waals surface area contributed by atoms with Gasteiger partial charge in [0.15, 0.2) is 0 Å². The molecule has 0 saturated heterocycles. The van der Waals surface area contributed by atoms with Crippen molar-refractivity contribution in [2.75, 3.05) is 0 Å². The van der Waals surface area contributed by atoms with E-state index >= 15 is 0 Å². The summed E-state index contributed by atoms with van der Waals surface area (Å²) in [6.45, 7) is 3.92. The molecule has 0 saturated carbocycles. The maximum Gasteiger partial charge on any atom is 0.0101 e. The topological polar surface area (TPSA) is 0 Å². The summed E-state index contributed by atoms with van der Waals surface area (Å²) in [7, 11) is 0. The highest BCUT2D eigenvalue weighted by molar-refractivity contribution is 5.56. The Balaban J connectivity index is 2.10. The second-order valence-electron chi connectivity index (χ2n) is 4.62. The molecule has 1 aliphatic carbocycles. The zero-order valence-corrected chi connectivity index (χ0v) is 9.89. The van der Waals surface area contributed by atoms with Gasteiger partial charge in [0.1, 0.15) is 0 Å². The average Bonchev–Trinajstić information content (AvgIpc) is 2.82. The van der Waals surface area contributed by atoms with Crippen LogP contribution in [-0.2, 0) is 6.42 Å². The van der Waals surface area contributed by atoms with Gasteiger partial charge >= 0.3 is 0 Å². The van der Waals surface area contributed by atoms with Crippen LogP contribution in [0.1, 0.15) is 34.6 Å². The summed E-state index contributed by atoms with van der Waals surface area (Å²) >= 11 is 0. The van der Waals surface area contributed by atoms with E-state index in [-0.39, 0.29) is 0 Å². The van der Waals surface area contributed by atoms with Crippen molar-refractivity contribution >= 4 is 6.08 Å². The van der Waals surface area contributed by atoms with Gasteiger partial charge in [0.05, 0.1) is 0 Å². The van der Waals surface area contributed by atoms with E-state index < -0.39 is 0 Å². The Labute approximate surface area is 103 Å². The first-order valence-electron chi connectivity index (χ1n) is 6.19. The van der Waals surface area contributed by atoms with Crippen LogP contribution in [0.2, 0.25) is 0 Å². The van der Waals surface area contributed by atoms with Gasteiger partial charge in [-0.1, -0.05) is 61.2 Å². The molecule has 0 aliphatic heterocycles. The van der Waals surface area contributed by atoms with Crippen molar-refractivity contribution in [1.29, 1.82) is 0 Å².